The van der Waals surface area contributed by atoms with Crippen LogP contribution >= 0.6 is 11.6 Å². The Morgan fingerprint density at radius 3 is 3.00 bits per heavy atom. The van der Waals surface area contributed by atoms with Crippen LogP contribution < -0.4 is 5.32 Å². The van der Waals surface area contributed by atoms with Gasteiger partial charge in [-0.25, -0.2) is 14.1 Å². The van der Waals surface area contributed by atoms with Crippen molar-refractivity contribution in [1.29, 1.82) is 0 Å². The smallest absolute Gasteiger partial charge is 0.254 e. The van der Waals surface area contributed by atoms with Gasteiger partial charge in [0.2, 0.25) is 0 Å². The summed E-state index contributed by atoms with van der Waals surface area (Å²) in [5.74, 6) is -0.539. The number of nitrogens with one attached hydrogen (secondary N) is 1. The monoisotopic (exact) mass is 296 g/mol. The van der Waals surface area contributed by atoms with Crippen molar-refractivity contribution in [2.24, 2.45) is 0 Å². The Morgan fingerprint density at radius 2 is 2.30 bits per heavy atom. The van der Waals surface area contributed by atoms with Crippen molar-refractivity contribution >= 4 is 17.5 Å². The zero-order chi connectivity index (χ0) is 14.7. The molecule has 0 saturated heterocycles. The van der Waals surface area contributed by atoms with E-state index in [0.717, 1.165) is 6.07 Å². The summed E-state index contributed by atoms with van der Waals surface area (Å²) in [6, 6.07) is 3.47. The predicted octanol–water partition coefficient (Wildman–Crippen LogP) is 2.58. The van der Waals surface area contributed by atoms with Crippen molar-refractivity contribution < 1.29 is 9.18 Å². The number of hydrogen-bond acceptors (Lipinski definition) is 3. The Kier molecular flexibility index (Phi) is 4.34. The van der Waals surface area contributed by atoms with Gasteiger partial charge in [0.25, 0.3) is 5.91 Å². The molecule has 0 fully saturated rings. The van der Waals surface area contributed by atoms with E-state index in [2.05, 4.69) is 15.4 Å². The van der Waals surface area contributed by atoms with E-state index in [4.69, 9.17) is 11.6 Å². The molecule has 1 unspecified atom stereocenters. The number of hydrogen-bond donors (Lipinski definition) is 1. The van der Waals surface area contributed by atoms with Crippen molar-refractivity contribution in [2.45, 2.75) is 26.4 Å². The van der Waals surface area contributed by atoms with Crippen LogP contribution in [0.4, 0.5) is 4.39 Å². The van der Waals surface area contributed by atoms with Gasteiger partial charge in [0.15, 0.2) is 0 Å². The molecule has 5 nitrogen and oxygen atoms in total. The van der Waals surface area contributed by atoms with Crippen LogP contribution in [0, 0.1) is 5.82 Å². The normalized spacial score (nSPS) is 12.2. The maximum atomic E-state index is 13.6. The minimum Gasteiger partial charge on any atom is -0.342 e. The second kappa shape index (κ2) is 6.00. The first-order chi connectivity index (χ1) is 9.52. The van der Waals surface area contributed by atoms with Gasteiger partial charge < -0.3 is 5.32 Å². The molecule has 1 heterocycles. The predicted molar refractivity (Wildman–Crippen MR) is 73.0 cm³/mol. The van der Waals surface area contributed by atoms with Crippen LogP contribution in [0.25, 0.3) is 0 Å². The summed E-state index contributed by atoms with van der Waals surface area (Å²) < 4.78 is 15.3. The van der Waals surface area contributed by atoms with Crippen molar-refractivity contribution in [3.8, 4) is 0 Å². The maximum absolute atomic E-state index is 13.6. The number of benzene rings is 1. The third kappa shape index (κ3) is 2.96. The minimum absolute atomic E-state index is 0.0908. The van der Waals surface area contributed by atoms with Crippen molar-refractivity contribution in [1.82, 2.24) is 20.1 Å². The fraction of sp³-hybridized carbons (Fsp3) is 0.308. The Bertz CT molecular complexity index is 629. The van der Waals surface area contributed by atoms with Gasteiger partial charge in [0, 0.05) is 11.6 Å². The zero-order valence-corrected chi connectivity index (χ0v) is 11.9. The SMILES string of the molecule is CCn1ncnc1C(C)NC(=O)c1cc(Cl)ccc1F. The van der Waals surface area contributed by atoms with Crippen molar-refractivity contribution in [3.63, 3.8) is 0 Å². The lowest BCUT2D eigenvalue weighted by atomic mass is 10.2. The Labute approximate surface area is 120 Å². The molecular formula is C13H14ClFN4O. The second-order valence-electron chi connectivity index (χ2n) is 4.25. The highest BCUT2D eigenvalue weighted by Crippen LogP contribution is 2.16. The number of halogens is 2. The molecule has 1 aromatic heterocycles. The molecule has 0 aliphatic carbocycles. The van der Waals surface area contributed by atoms with Crippen molar-refractivity contribution in [2.75, 3.05) is 0 Å². The molecule has 1 amide bonds. The van der Waals surface area contributed by atoms with E-state index < -0.39 is 11.7 Å². The molecule has 0 bridgehead atoms. The van der Waals surface area contributed by atoms with E-state index in [-0.39, 0.29) is 11.6 Å². The Balaban J connectivity index is 2.17. The molecule has 0 radical (unpaired) electrons. The highest BCUT2D eigenvalue weighted by atomic mass is 35.5. The average Bonchev–Trinajstić information content (AvgIpc) is 2.89. The molecule has 0 aliphatic rings. The van der Waals surface area contributed by atoms with Gasteiger partial charge in [-0.05, 0) is 32.0 Å². The van der Waals surface area contributed by atoms with Crippen LogP contribution in [0.2, 0.25) is 5.02 Å². The van der Waals surface area contributed by atoms with Crippen LogP contribution in [0.1, 0.15) is 36.1 Å². The molecular weight excluding hydrogens is 283 g/mol. The number of nitrogens with zero attached hydrogens (tertiary/aromatic N) is 3. The molecule has 2 rings (SSSR count). The van der Waals surface area contributed by atoms with E-state index >= 15 is 0 Å². The number of aromatic nitrogens is 3. The van der Waals surface area contributed by atoms with Gasteiger partial charge in [-0.1, -0.05) is 11.6 Å². The fourth-order valence-electron chi connectivity index (χ4n) is 1.86. The molecule has 1 atom stereocenters. The summed E-state index contributed by atoms with van der Waals surface area (Å²) in [7, 11) is 0. The van der Waals surface area contributed by atoms with Gasteiger partial charge >= 0.3 is 0 Å². The number of aryl methyl sites for hydroxylation is 1. The number of carbonyl (C=O) groups excluding carboxylic acids is 1. The Morgan fingerprint density at radius 1 is 1.55 bits per heavy atom. The largest absolute Gasteiger partial charge is 0.342 e. The van der Waals surface area contributed by atoms with Crippen LogP contribution in [0.3, 0.4) is 0 Å². The highest BCUT2D eigenvalue weighted by molar-refractivity contribution is 6.31. The van der Waals surface area contributed by atoms with Crippen LogP contribution in [-0.4, -0.2) is 20.7 Å². The third-order valence-corrected chi connectivity index (χ3v) is 3.09. The van der Waals surface area contributed by atoms with Crippen LogP contribution in [0.15, 0.2) is 24.5 Å². The minimum atomic E-state index is -0.615. The van der Waals surface area contributed by atoms with Gasteiger partial charge in [0.1, 0.15) is 18.0 Å². The molecule has 0 saturated carbocycles. The fourth-order valence-corrected chi connectivity index (χ4v) is 2.03. The Hall–Kier alpha value is -1.95. The topological polar surface area (TPSA) is 59.8 Å². The molecule has 2 aromatic rings. The van der Waals surface area contributed by atoms with Crippen molar-refractivity contribution in [3.05, 3.63) is 46.8 Å². The molecule has 20 heavy (non-hydrogen) atoms. The summed E-state index contributed by atoms with van der Waals surface area (Å²) in [5, 5.41) is 7.01. The van der Waals surface area contributed by atoms with E-state index in [9.17, 15) is 9.18 Å². The maximum Gasteiger partial charge on any atom is 0.254 e. The summed E-state index contributed by atoms with van der Waals surface area (Å²) in [6.45, 7) is 4.32. The lowest BCUT2D eigenvalue weighted by Gasteiger charge is -2.14. The number of carbonyl (C=O) groups is 1. The van der Waals surface area contributed by atoms with E-state index in [1.807, 2.05) is 6.92 Å². The summed E-state index contributed by atoms with van der Waals surface area (Å²) in [5.41, 5.74) is -0.0908. The first-order valence-electron chi connectivity index (χ1n) is 6.16. The summed E-state index contributed by atoms with van der Waals surface area (Å²) >= 11 is 5.77. The van der Waals surface area contributed by atoms with Gasteiger partial charge in [-0.3, -0.25) is 4.79 Å². The second-order valence-corrected chi connectivity index (χ2v) is 4.69. The first kappa shape index (κ1) is 14.5. The lowest BCUT2D eigenvalue weighted by Crippen LogP contribution is -2.29. The standard InChI is InChI=1S/C13H14ClFN4O/c1-3-19-12(16-7-17-19)8(2)18-13(20)10-6-9(14)4-5-11(10)15/h4-8H,3H2,1-2H3,(H,18,20). The highest BCUT2D eigenvalue weighted by Gasteiger charge is 2.18. The summed E-state index contributed by atoms with van der Waals surface area (Å²) in [6.07, 6.45) is 1.42. The van der Waals surface area contributed by atoms with E-state index in [0.29, 0.717) is 17.4 Å². The van der Waals surface area contributed by atoms with E-state index in [1.54, 1.807) is 11.6 Å². The lowest BCUT2D eigenvalue weighted by molar-refractivity contribution is 0.0933. The number of rotatable bonds is 4. The third-order valence-electron chi connectivity index (χ3n) is 2.85. The molecule has 1 aromatic carbocycles. The van der Waals surface area contributed by atoms with E-state index in [1.165, 1.54) is 18.5 Å². The number of amides is 1. The molecule has 0 aliphatic heterocycles. The average molecular weight is 297 g/mol. The molecule has 0 spiro atoms. The zero-order valence-electron chi connectivity index (χ0n) is 11.1. The molecule has 7 heteroatoms. The van der Waals surface area contributed by atoms with Crippen LogP contribution in [0.5, 0.6) is 0 Å². The molecule has 106 valence electrons. The van der Waals surface area contributed by atoms with Gasteiger partial charge in [-0.2, -0.15) is 5.10 Å². The summed E-state index contributed by atoms with van der Waals surface area (Å²) in [4.78, 5) is 16.1. The first-order valence-corrected chi connectivity index (χ1v) is 6.54. The molecule has 1 N–H and O–H groups in total. The van der Waals surface area contributed by atoms with Gasteiger partial charge in [-0.15, -0.1) is 0 Å². The van der Waals surface area contributed by atoms with Gasteiger partial charge in [0.05, 0.1) is 11.6 Å². The quantitative estimate of drug-likeness (QED) is 0.943. The van der Waals surface area contributed by atoms with Crippen LogP contribution in [-0.2, 0) is 6.54 Å².